The summed E-state index contributed by atoms with van der Waals surface area (Å²) in [6.07, 6.45) is 5.13. The molecule has 2 rings (SSSR count). The largest absolute Gasteiger partial charge is 0.468 e. The second-order valence-corrected chi connectivity index (χ2v) is 6.87. The number of ether oxygens (including phenoxy) is 3. The summed E-state index contributed by atoms with van der Waals surface area (Å²) in [6.45, 7) is 6.08. The first kappa shape index (κ1) is 22.2. The second kappa shape index (κ2) is 9.91. The molecule has 0 unspecified atom stereocenters. The van der Waals surface area contributed by atoms with E-state index in [1.54, 1.807) is 19.2 Å². The highest BCUT2D eigenvalue weighted by atomic mass is 16.6. The molecule has 0 N–H and O–H groups in total. The first-order valence-corrected chi connectivity index (χ1v) is 9.47. The lowest BCUT2D eigenvalue weighted by molar-refractivity contribution is -0.158. The monoisotopic (exact) mass is 401 g/mol. The van der Waals surface area contributed by atoms with E-state index in [0.717, 1.165) is 10.9 Å². The van der Waals surface area contributed by atoms with Gasteiger partial charge in [-0.2, -0.15) is 0 Å². The van der Waals surface area contributed by atoms with Crippen LogP contribution in [0.25, 0.3) is 17.0 Å². The normalized spacial score (nSPS) is 11.4. The number of hydrogen-bond donors (Lipinski definition) is 0. The minimum atomic E-state index is -1.13. The van der Waals surface area contributed by atoms with Gasteiger partial charge in [-0.05, 0) is 36.5 Å². The fourth-order valence-electron chi connectivity index (χ4n) is 3.10. The van der Waals surface area contributed by atoms with Gasteiger partial charge >= 0.3 is 18.0 Å². The molecule has 1 heterocycles. The van der Waals surface area contributed by atoms with Gasteiger partial charge in [-0.15, -0.1) is 0 Å². The molecule has 7 heteroatoms. The molecule has 0 saturated heterocycles. The summed E-state index contributed by atoms with van der Waals surface area (Å²) in [5.74, 6) is -2.18. The van der Waals surface area contributed by atoms with E-state index in [9.17, 15) is 14.4 Å². The number of nitrogens with zero attached hydrogens (tertiary/aromatic N) is 1. The van der Waals surface area contributed by atoms with E-state index >= 15 is 0 Å². The van der Waals surface area contributed by atoms with Gasteiger partial charge in [-0.25, -0.2) is 4.79 Å². The van der Waals surface area contributed by atoms with E-state index in [1.807, 2.05) is 24.3 Å². The number of esters is 2. The van der Waals surface area contributed by atoms with Crippen LogP contribution in [0.15, 0.2) is 30.5 Å². The summed E-state index contributed by atoms with van der Waals surface area (Å²) >= 11 is 0. The van der Waals surface area contributed by atoms with Crippen molar-refractivity contribution in [1.29, 1.82) is 0 Å². The maximum Gasteiger partial charge on any atom is 0.418 e. The van der Waals surface area contributed by atoms with Crippen LogP contribution in [-0.2, 0) is 30.2 Å². The van der Waals surface area contributed by atoms with Crippen LogP contribution >= 0.6 is 0 Å². The Morgan fingerprint density at radius 3 is 2.31 bits per heavy atom. The summed E-state index contributed by atoms with van der Waals surface area (Å²) in [5, 5.41) is 0.773. The van der Waals surface area contributed by atoms with E-state index in [0.29, 0.717) is 17.0 Å². The predicted octanol–water partition coefficient (Wildman–Crippen LogP) is 3.82. The number of allylic oxidation sites excluding steroid dienone is 1. The van der Waals surface area contributed by atoms with Crippen LogP contribution in [0.4, 0.5) is 4.79 Å². The quantitative estimate of drug-likeness (QED) is 0.398. The van der Waals surface area contributed by atoms with Gasteiger partial charge in [0.2, 0.25) is 0 Å². The summed E-state index contributed by atoms with van der Waals surface area (Å²) in [6, 6.07) is 5.57. The van der Waals surface area contributed by atoms with Gasteiger partial charge in [0, 0.05) is 11.6 Å². The van der Waals surface area contributed by atoms with E-state index in [4.69, 9.17) is 14.2 Å². The summed E-state index contributed by atoms with van der Waals surface area (Å²) in [4.78, 5) is 36.8. The van der Waals surface area contributed by atoms with Crippen molar-refractivity contribution >= 4 is 35.0 Å². The van der Waals surface area contributed by atoms with Gasteiger partial charge in [0.25, 0.3) is 0 Å². The maximum atomic E-state index is 12.5. The Morgan fingerprint density at radius 2 is 1.76 bits per heavy atom. The van der Waals surface area contributed by atoms with Crippen molar-refractivity contribution in [2.45, 2.75) is 27.2 Å². The number of benzene rings is 1. The van der Waals surface area contributed by atoms with Crippen LogP contribution < -0.4 is 0 Å². The van der Waals surface area contributed by atoms with Crippen molar-refractivity contribution < 1.29 is 28.6 Å². The van der Waals surface area contributed by atoms with E-state index in [2.05, 4.69) is 13.8 Å². The highest BCUT2D eigenvalue weighted by Crippen LogP contribution is 2.29. The molecular weight excluding hydrogens is 374 g/mol. The Hall–Kier alpha value is -3.09. The first-order chi connectivity index (χ1) is 13.8. The summed E-state index contributed by atoms with van der Waals surface area (Å²) in [5.41, 5.74) is 2.17. The molecule has 0 atom stereocenters. The smallest absolute Gasteiger partial charge is 0.418 e. The average Bonchev–Trinajstić information content (AvgIpc) is 3.08. The lowest BCUT2D eigenvalue weighted by atomic mass is 9.96. The second-order valence-electron chi connectivity index (χ2n) is 6.87. The van der Waals surface area contributed by atoms with Gasteiger partial charge < -0.3 is 14.2 Å². The minimum absolute atomic E-state index is 0.0365. The van der Waals surface area contributed by atoms with Crippen LogP contribution in [0.1, 0.15) is 31.9 Å². The molecule has 29 heavy (non-hydrogen) atoms. The van der Waals surface area contributed by atoms with Gasteiger partial charge in [-0.3, -0.25) is 14.2 Å². The third-order valence-electron chi connectivity index (χ3n) is 4.46. The highest BCUT2D eigenvalue weighted by Gasteiger charge is 2.31. The van der Waals surface area contributed by atoms with Crippen LogP contribution in [0.3, 0.4) is 0 Å². The Morgan fingerprint density at radius 1 is 1.10 bits per heavy atom. The predicted molar refractivity (Wildman–Crippen MR) is 109 cm³/mol. The number of carbonyl (C=O) groups excluding carboxylic acids is 3. The molecule has 1 aromatic carbocycles. The van der Waals surface area contributed by atoms with Gasteiger partial charge in [0.1, 0.15) is 0 Å². The molecule has 0 bridgehead atoms. The Labute approximate surface area is 170 Å². The molecule has 0 amide bonds. The molecule has 2 aromatic rings. The summed E-state index contributed by atoms with van der Waals surface area (Å²) < 4.78 is 16.1. The van der Waals surface area contributed by atoms with Crippen molar-refractivity contribution in [2.75, 3.05) is 20.8 Å². The first-order valence-electron chi connectivity index (χ1n) is 9.47. The van der Waals surface area contributed by atoms with E-state index in [-0.39, 0.29) is 13.0 Å². The van der Waals surface area contributed by atoms with Crippen molar-refractivity contribution in [1.82, 2.24) is 4.57 Å². The zero-order valence-corrected chi connectivity index (χ0v) is 17.4. The number of rotatable bonds is 7. The number of methoxy groups -OCH3 is 2. The third-order valence-corrected chi connectivity index (χ3v) is 4.46. The van der Waals surface area contributed by atoms with Crippen molar-refractivity contribution in [3.05, 3.63) is 41.6 Å². The Bertz CT molecular complexity index is 909. The molecule has 0 saturated carbocycles. The Kier molecular flexibility index (Phi) is 7.59. The number of hydrogen-bond acceptors (Lipinski definition) is 6. The highest BCUT2D eigenvalue weighted by molar-refractivity contribution is 5.99. The molecule has 7 nitrogen and oxygen atoms in total. The fraction of sp³-hybridized carbons (Fsp3) is 0.409. The third kappa shape index (κ3) is 5.04. The lowest BCUT2D eigenvalue weighted by Crippen LogP contribution is -2.28. The van der Waals surface area contributed by atoms with Crippen LogP contribution in [0, 0.1) is 11.8 Å². The molecule has 0 fully saturated rings. The van der Waals surface area contributed by atoms with E-state index < -0.39 is 23.9 Å². The SMILES string of the molecule is CCOC(=O)n1cc(CC(C(=O)OC)C(=O)OC)c2c(/C=C/C(C)C)cccc21. The molecule has 0 aliphatic carbocycles. The van der Waals surface area contributed by atoms with Gasteiger partial charge in [0.15, 0.2) is 5.92 Å². The lowest BCUT2D eigenvalue weighted by Gasteiger charge is -2.12. The number of aromatic nitrogens is 1. The van der Waals surface area contributed by atoms with Crippen LogP contribution in [0.5, 0.6) is 0 Å². The molecule has 0 radical (unpaired) electrons. The molecule has 0 spiro atoms. The number of carbonyl (C=O) groups is 3. The van der Waals surface area contributed by atoms with Crippen molar-refractivity contribution in [2.24, 2.45) is 11.8 Å². The number of fused-ring (bicyclic) bond motifs is 1. The molecule has 0 aliphatic rings. The molecule has 1 aromatic heterocycles. The van der Waals surface area contributed by atoms with Gasteiger partial charge in [-0.1, -0.05) is 38.1 Å². The van der Waals surface area contributed by atoms with Gasteiger partial charge in [0.05, 0.1) is 26.3 Å². The average molecular weight is 401 g/mol. The molecule has 0 aliphatic heterocycles. The maximum absolute atomic E-state index is 12.5. The molecule has 156 valence electrons. The van der Waals surface area contributed by atoms with Crippen LogP contribution in [0.2, 0.25) is 0 Å². The Balaban J connectivity index is 2.66. The summed E-state index contributed by atoms with van der Waals surface area (Å²) in [7, 11) is 2.44. The topological polar surface area (TPSA) is 83.8 Å². The zero-order chi connectivity index (χ0) is 21.6. The van der Waals surface area contributed by atoms with E-state index in [1.165, 1.54) is 18.8 Å². The standard InChI is InChI=1S/C22H27NO6/c1-6-29-22(26)23-13-16(12-17(20(24)27-4)21(25)28-5)19-15(11-10-14(2)3)8-7-9-18(19)23/h7-11,13-14,17H,6,12H2,1-5H3/b11-10+. The van der Waals surface area contributed by atoms with Crippen molar-refractivity contribution in [3.63, 3.8) is 0 Å². The zero-order valence-electron chi connectivity index (χ0n) is 17.4. The fourth-order valence-corrected chi connectivity index (χ4v) is 3.10. The minimum Gasteiger partial charge on any atom is -0.468 e. The molecular formula is C22H27NO6. The van der Waals surface area contributed by atoms with Crippen molar-refractivity contribution in [3.8, 4) is 0 Å². The van der Waals surface area contributed by atoms with Crippen LogP contribution in [-0.4, -0.2) is 43.4 Å².